The molecule has 1 aromatic heterocycles. The first-order valence-electron chi connectivity index (χ1n) is 11.7. The van der Waals surface area contributed by atoms with E-state index in [0.29, 0.717) is 16.8 Å². The van der Waals surface area contributed by atoms with E-state index < -0.39 is 42.1 Å². The average Bonchev–Trinajstić information content (AvgIpc) is 3.21. The predicted molar refractivity (Wildman–Crippen MR) is 130 cm³/mol. The van der Waals surface area contributed by atoms with E-state index >= 15 is 0 Å². The van der Waals surface area contributed by atoms with Crippen LogP contribution < -0.4 is 10.1 Å². The molecule has 2 aromatic carbocycles. The third kappa shape index (κ3) is 7.58. The van der Waals surface area contributed by atoms with Crippen LogP contribution in [0.25, 0.3) is 5.69 Å². The number of aliphatic carboxylic acids is 1. The lowest BCUT2D eigenvalue weighted by atomic mass is 10.0. The second-order valence-electron chi connectivity index (χ2n) is 8.88. The Hall–Kier alpha value is -3.83. The maximum Gasteiger partial charge on any atom is 0.305 e. The summed E-state index contributed by atoms with van der Waals surface area (Å²) in [6.07, 6.45) is -3.25. The molecule has 0 saturated carbocycles. The maximum atomic E-state index is 13.5. The molecule has 4 N–H and O–H groups in total. The molecule has 11 heteroatoms. The summed E-state index contributed by atoms with van der Waals surface area (Å²) in [6, 6.07) is 11.1. The lowest BCUT2D eigenvalue weighted by Gasteiger charge is -2.17. The van der Waals surface area contributed by atoms with Gasteiger partial charge in [-0.15, -0.1) is 0 Å². The number of benzene rings is 2. The molecular formula is C26H29F2N3O6. The van der Waals surface area contributed by atoms with Gasteiger partial charge in [0.1, 0.15) is 18.2 Å². The Morgan fingerprint density at radius 1 is 1.05 bits per heavy atom. The van der Waals surface area contributed by atoms with Gasteiger partial charge in [-0.2, -0.15) is 5.10 Å². The monoisotopic (exact) mass is 517 g/mol. The second kappa shape index (κ2) is 12.4. The number of nitrogens with one attached hydrogen (secondary N) is 1. The lowest BCUT2D eigenvalue weighted by Crippen LogP contribution is -2.26. The summed E-state index contributed by atoms with van der Waals surface area (Å²) in [4.78, 5) is 23.9. The number of aromatic nitrogens is 2. The molecule has 1 amide bonds. The fourth-order valence-corrected chi connectivity index (χ4v) is 3.75. The Balaban J connectivity index is 1.90. The maximum absolute atomic E-state index is 13.5. The van der Waals surface area contributed by atoms with Crippen molar-refractivity contribution in [2.75, 3.05) is 6.61 Å². The van der Waals surface area contributed by atoms with Crippen molar-refractivity contribution in [1.82, 2.24) is 15.1 Å². The van der Waals surface area contributed by atoms with Crippen LogP contribution in [-0.2, 0) is 11.3 Å². The van der Waals surface area contributed by atoms with Crippen molar-refractivity contribution in [3.05, 3.63) is 77.0 Å². The Labute approximate surface area is 212 Å². The number of carboxylic acids is 1. The van der Waals surface area contributed by atoms with Crippen molar-refractivity contribution in [1.29, 1.82) is 0 Å². The molecule has 0 fully saturated rings. The number of hydrogen-bond acceptors (Lipinski definition) is 6. The summed E-state index contributed by atoms with van der Waals surface area (Å²) < 4.78 is 34.2. The van der Waals surface area contributed by atoms with Gasteiger partial charge in [0, 0.05) is 18.5 Å². The van der Waals surface area contributed by atoms with Gasteiger partial charge in [-0.3, -0.25) is 9.59 Å². The van der Waals surface area contributed by atoms with Crippen molar-refractivity contribution in [2.24, 2.45) is 0 Å². The molecule has 3 rings (SSSR count). The van der Waals surface area contributed by atoms with E-state index in [2.05, 4.69) is 10.4 Å². The number of carbonyl (C=O) groups excluding carboxylic acids is 1. The molecule has 0 bridgehead atoms. The Kier molecular flexibility index (Phi) is 9.31. The van der Waals surface area contributed by atoms with Gasteiger partial charge in [0.05, 0.1) is 24.3 Å². The zero-order valence-corrected chi connectivity index (χ0v) is 20.4. The van der Waals surface area contributed by atoms with E-state index in [4.69, 9.17) is 9.84 Å². The van der Waals surface area contributed by atoms with Crippen molar-refractivity contribution in [3.8, 4) is 11.6 Å². The minimum atomic E-state index is -1.27. The standard InChI is InChI=1S/C26H29F2N3O6/c1-15(2)23-24(25(36)29-13-16-4-3-5-18(28)10-16)30-31(19-8-6-17(27)7-9-19)26(23)37-14-21(33)11-20(32)12-22(34)35/h3-10,15,20-21,32-33H,11-14H2,1-2H3,(H,29,36)(H,34,35)/t20-,21+/m1/s1. The number of halogens is 2. The SMILES string of the molecule is CC(C)c1c(C(=O)NCc2cccc(F)c2)nn(-c2ccc(F)cc2)c1OC[C@@H](O)C[C@@H](O)CC(=O)O. The third-order valence-electron chi connectivity index (χ3n) is 5.45. The molecule has 0 saturated heterocycles. The van der Waals surface area contributed by atoms with Gasteiger partial charge in [0.25, 0.3) is 5.91 Å². The first-order valence-corrected chi connectivity index (χ1v) is 11.7. The van der Waals surface area contributed by atoms with E-state index in [-0.39, 0.29) is 37.1 Å². The quantitative estimate of drug-likeness (QED) is 0.290. The van der Waals surface area contributed by atoms with Gasteiger partial charge in [-0.25, -0.2) is 13.5 Å². The number of hydrogen-bond donors (Lipinski definition) is 4. The number of amides is 1. The average molecular weight is 518 g/mol. The normalized spacial score (nSPS) is 12.8. The summed E-state index contributed by atoms with van der Waals surface area (Å²) in [6.45, 7) is 3.35. The Bertz CT molecular complexity index is 1230. The molecule has 37 heavy (non-hydrogen) atoms. The van der Waals surface area contributed by atoms with Gasteiger partial charge >= 0.3 is 5.97 Å². The number of carboxylic acid groups (broad SMARTS) is 1. The van der Waals surface area contributed by atoms with Gasteiger partial charge in [0.2, 0.25) is 5.88 Å². The molecule has 1 heterocycles. The van der Waals surface area contributed by atoms with E-state index in [1.54, 1.807) is 6.07 Å². The molecule has 0 aliphatic carbocycles. The first-order chi connectivity index (χ1) is 17.5. The van der Waals surface area contributed by atoms with Crippen LogP contribution in [0, 0.1) is 11.6 Å². The third-order valence-corrected chi connectivity index (χ3v) is 5.45. The topological polar surface area (TPSA) is 134 Å². The molecule has 0 aliphatic rings. The second-order valence-corrected chi connectivity index (χ2v) is 8.88. The lowest BCUT2D eigenvalue weighted by molar-refractivity contribution is -0.139. The zero-order valence-electron chi connectivity index (χ0n) is 20.4. The summed E-state index contributed by atoms with van der Waals surface area (Å²) in [7, 11) is 0. The fraction of sp³-hybridized carbons (Fsp3) is 0.346. The number of carbonyl (C=O) groups is 2. The smallest absolute Gasteiger partial charge is 0.305 e. The first kappa shape index (κ1) is 27.8. The van der Waals surface area contributed by atoms with Crippen LogP contribution in [0.2, 0.25) is 0 Å². The van der Waals surface area contributed by atoms with E-state index in [9.17, 15) is 28.6 Å². The largest absolute Gasteiger partial charge is 0.481 e. The van der Waals surface area contributed by atoms with Gasteiger partial charge in [-0.1, -0.05) is 26.0 Å². The van der Waals surface area contributed by atoms with E-state index in [1.807, 2.05) is 13.8 Å². The molecule has 0 radical (unpaired) electrons. The van der Waals surface area contributed by atoms with Crippen molar-refractivity contribution in [2.45, 2.75) is 51.4 Å². The molecule has 2 atom stereocenters. The van der Waals surface area contributed by atoms with Gasteiger partial charge in [0.15, 0.2) is 5.69 Å². The highest BCUT2D eigenvalue weighted by molar-refractivity contribution is 5.94. The summed E-state index contributed by atoms with van der Waals surface area (Å²) in [5.41, 5.74) is 1.39. The van der Waals surface area contributed by atoms with Gasteiger partial charge in [-0.05, 0) is 47.9 Å². The van der Waals surface area contributed by atoms with Crippen LogP contribution in [-0.4, -0.2) is 55.8 Å². The highest BCUT2D eigenvalue weighted by atomic mass is 19.1. The number of rotatable bonds is 12. The molecule has 3 aromatic rings. The van der Waals surface area contributed by atoms with Crippen LogP contribution in [0.5, 0.6) is 5.88 Å². The van der Waals surface area contributed by atoms with Crippen LogP contribution >= 0.6 is 0 Å². The van der Waals surface area contributed by atoms with Crippen LogP contribution in [0.4, 0.5) is 8.78 Å². The zero-order chi connectivity index (χ0) is 27.1. The van der Waals surface area contributed by atoms with Crippen LogP contribution in [0.15, 0.2) is 48.5 Å². The van der Waals surface area contributed by atoms with E-state index in [1.165, 1.54) is 47.1 Å². The number of ether oxygens (including phenoxy) is 1. The Morgan fingerprint density at radius 2 is 1.76 bits per heavy atom. The van der Waals surface area contributed by atoms with Crippen molar-refractivity contribution in [3.63, 3.8) is 0 Å². The van der Waals surface area contributed by atoms with Gasteiger partial charge < -0.3 is 25.4 Å². The number of aliphatic hydroxyl groups is 2. The minimum Gasteiger partial charge on any atom is -0.481 e. The molecule has 198 valence electrons. The summed E-state index contributed by atoms with van der Waals surface area (Å²) in [5, 5.41) is 36.0. The molecule has 9 nitrogen and oxygen atoms in total. The minimum absolute atomic E-state index is 0.0335. The summed E-state index contributed by atoms with van der Waals surface area (Å²) >= 11 is 0. The molecule has 0 aliphatic heterocycles. The number of aliphatic hydroxyl groups excluding tert-OH is 2. The van der Waals surface area contributed by atoms with Crippen molar-refractivity contribution >= 4 is 11.9 Å². The summed E-state index contributed by atoms with van der Waals surface area (Å²) in [5.74, 6) is -2.79. The van der Waals surface area contributed by atoms with E-state index in [0.717, 1.165) is 0 Å². The van der Waals surface area contributed by atoms with Crippen LogP contribution in [0.3, 0.4) is 0 Å². The number of nitrogens with zero attached hydrogens (tertiary/aromatic N) is 2. The molecular weight excluding hydrogens is 488 g/mol. The highest BCUT2D eigenvalue weighted by Crippen LogP contribution is 2.33. The fourth-order valence-electron chi connectivity index (χ4n) is 3.75. The van der Waals surface area contributed by atoms with Crippen molar-refractivity contribution < 1.29 is 38.4 Å². The van der Waals surface area contributed by atoms with Crippen LogP contribution in [0.1, 0.15) is 54.2 Å². The molecule has 0 spiro atoms. The molecule has 0 unspecified atom stereocenters. The predicted octanol–water partition coefficient (Wildman–Crippen LogP) is 3.17. The Morgan fingerprint density at radius 3 is 2.38 bits per heavy atom. The highest BCUT2D eigenvalue weighted by Gasteiger charge is 2.28.